The lowest BCUT2D eigenvalue weighted by Gasteiger charge is -2.35. The summed E-state index contributed by atoms with van der Waals surface area (Å²) in [5.74, 6) is -0.719. The Bertz CT molecular complexity index is 604. The Morgan fingerprint density at radius 2 is 2.04 bits per heavy atom. The minimum atomic E-state index is -4.43. The molecule has 5 nitrogen and oxygen atoms in total. The number of nitrogens with zero attached hydrogens (tertiary/aromatic N) is 1. The molecule has 132 valence electrons. The van der Waals surface area contributed by atoms with Crippen molar-refractivity contribution < 1.29 is 22.8 Å². The third-order valence-corrected chi connectivity index (χ3v) is 4.02. The Balaban J connectivity index is 1.98. The first-order valence-corrected chi connectivity index (χ1v) is 7.76. The number of benzene rings is 1. The fourth-order valence-electron chi connectivity index (χ4n) is 2.86. The maximum absolute atomic E-state index is 12.7. The fraction of sp³-hybridized carbons (Fsp3) is 0.500. The molecule has 1 heterocycles. The third-order valence-electron chi connectivity index (χ3n) is 4.02. The number of piperidine rings is 1. The zero-order valence-corrected chi connectivity index (χ0v) is 13.1. The van der Waals surface area contributed by atoms with Crippen LogP contribution in [0.3, 0.4) is 0 Å². The summed E-state index contributed by atoms with van der Waals surface area (Å²) in [6, 6.07) is 4.46. The fourth-order valence-corrected chi connectivity index (χ4v) is 2.86. The van der Waals surface area contributed by atoms with Crippen molar-refractivity contribution in [2.75, 3.05) is 18.4 Å². The molecule has 1 aromatic carbocycles. The number of alkyl halides is 3. The highest BCUT2D eigenvalue weighted by atomic mass is 19.4. The number of hydrogen-bond donors (Lipinski definition) is 2. The molecular weight excluding hydrogens is 323 g/mol. The van der Waals surface area contributed by atoms with Crippen molar-refractivity contribution >= 4 is 17.5 Å². The second-order valence-corrected chi connectivity index (χ2v) is 5.84. The van der Waals surface area contributed by atoms with Crippen molar-refractivity contribution in [2.45, 2.75) is 37.9 Å². The molecular formula is C16H20F3N3O2. The van der Waals surface area contributed by atoms with Crippen molar-refractivity contribution in [2.24, 2.45) is 5.73 Å². The van der Waals surface area contributed by atoms with Gasteiger partial charge in [0.15, 0.2) is 0 Å². The number of amides is 2. The Morgan fingerprint density at radius 3 is 2.71 bits per heavy atom. The van der Waals surface area contributed by atoms with Crippen LogP contribution in [0.25, 0.3) is 0 Å². The Morgan fingerprint density at radius 1 is 1.29 bits per heavy atom. The predicted molar refractivity (Wildman–Crippen MR) is 83.1 cm³/mol. The first kappa shape index (κ1) is 18.1. The van der Waals surface area contributed by atoms with Gasteiger partial charge in [0.2, 0.25) is 11.8 Å². The normalized spacial score (nSPS) is 18.3. The van der Waals surface area contributed by atoms with E-state index in [0.717, 1.165) is 25.0 Å². The number of likely N-dealkylation sites (tertiary alicyclic amines) is 1. The zero-order valence-electron chi connectivity index (χ0n) is 13.1. The molecule has 0 spiro atoms. The second kappa shape index (κ2) is 7.55. The molecule has 0 bridgehead atoms. The van der Waals surface area contributed by atoms with Gasteiger partial charge in [0.1, 0.15) is 0 Å². The van der Waals surface area contributed by atoms with Crippen LogP contribution in [0.15, 0.2) is 24.3 Å². The number of anilines is 1. The van der Waals surface area contributed by atoms with E-state index in [0.29, 0.717) is 13.0 Å². The van der Waals surface area contributed by atoms with Gasteiger partial charge in [-0.15, -0.1) is 0 Å². The van der Waals surface area contributed by atoms with Crippen molar-refractivity contribution in [3.8, 4) is 0 Å². The van der Waals surface area contributed by atoms with Crippen LogP contribution in [0.1, 0.15) is 31.2 Å². The minimum Gasteiger partial charge on any atom is -0.376 e. The van der Waals surface area contributed by atoms with Crippen molar-refractivity contribution in [3.05, 3.63) is 29.8 Å². The van der Waals surface area contributed by atoms with Crippen LogP contribution >= 0.6 is 0 Å². The van der Waals surface area contributed by atoms with E-state index in [1.807, 2.05) is 0 Å². The molecule has 2 amide bonds. The highest BCUT2D eigenvalue weighted by Gasteiger charge is 2.31. The molecule has 0 radical (unpaired) electrons. The minimum absolute atomic E-state index is 0.106. The molecule has 1 aliphatic rings. The molecule has 1 saturated heterocycles. The van der Waals surface area contributed by atoms with Gasteiger partial charge >= 0.3 is 6.18 Å². The topological polar surface area (TPSA) is 75.4 Å². The average molecular weight is 343 g/mol. The molecule has 3 N–H and O–H groups in total. The van der Waals surface area contributed by atoms with Gasteiger partial charge in [-0.1, -0.05) is 6.07 Å². The molecule has 0 unspecified atom stereocenters. The molecule has 0 saturated carbocycles. The van der Waals surface area contributed by atoms with Crippen LogP contribution < -0.4 is 11.1 Å². The summed E-state index contributed by atoms with van der Waals surface area (Å²) in [5.41, 5.74) is 4.66. The molecule has 1 atom stereocenters. The lowest BCUT2D eigenvalue weighted by atomic mass is 9.99. The molecule has 24 heavy (non-hydrogen) atoms. The van der Waals surface area contributed by atoms with Crippen LogP contribution in [-0.4, -0.2) is 35.8 Å². The summed E-state index contributed by atoms with van der Waals surface area (Å²) < 4.78 is 38.1. The standard InChI is InChI=1S/C16H20F3N3O2/c17-16(18,19)11-4-3-5-12(8-11)21-10-15(24)22-7-2-1-6-13(22)9-14(20)23/h3-5,8,13,21H,1-2,6-7,9-10H2,(H2,20,23)/t13-/m0/s1. The van der Waals surface area contributed by atoms with Gasteiger partial charge in [0.05, 0.1) is 12.1 Å². The number of nitrogens with one attached hydrogen (secondary N) is 1. The van der Waals surface area contributed by atoms with E-state index in [9.17, 15) is 22.8 Å². The molecule has 0 aliphatic carbocycles. The van der Waals surface area contributed by atoms with Gasteiger partial charge in [-0.25, -0.2) is 0 Å². The number of hydrogen-bond acceptors (Lipinski definition) is 3. The summed E-state index contributed by atoms with van der Waals surface area (Å²) in [7, 11) is 0. The summed E-state index contributed by atoms with van der Waals surface area (Å²) >= 11 is 0. The third kappa shape index (κ3) is 4.87. The van der Waals surface area contributed by atoms with E-state index >= 15 is 0 Å². The highest BCUT2D eigenvalue weighted by molar-refractivity contribution is 5.82. The van der Waals surface area contributed by atoms with Crippen LogP contribution in [0.2, 0.25) is 0 Å². The Kier molecular flexibility index (Phi) is 5.69. The van der Waals surface area contributed by atoms with E-state index in [1.54, 1.807) is 4.90 Å². The highest BCUT2D eigenvalue weighted by Crippen LogP contribution is 2.30. The molecule has 1 fully saturated rings. The summed E-state index contributed by atoms with van der Waals surface area (Å²) in [6.45, 7) is 0.400. The number of carbonyl (C=O) groups excluding carboxylic acids is 2. The monoisotopic (exact) mass is 343 g/mol. The van der Waals surface area contributed by atoms with Gasteiger partial charge in [-0.3, -0.25) is 9.59 Å². The van der Waals surface area contributed by atoms with Gasteiger partial charge < -0.3 is 16.0 Å². The van der Waals surface area contributed by atoms with Crippen LogP contribution in [-0.2, 0) is 15.8 Å². The summed E-state index contributed by atoms with van der Waals surface area (Å²) in [4.78, 5) is 25.0. The largest absolute Gasteiger partial charge is 0.416 e. The Labute approximate surface area is 138 Å². The maximum Gasteiger partial charge on any atom is 0.416 e. The average Bonchev–Trinajstić information content (AvgIpc) is 2.52. The lowest BCUT2D eigenvalue weighted by Crippen LogP contribution is -2.47. The van der Waals surface area contributed by atoms with Crippen molar-refractivity contribution in [1.29, 1.82) is 0 Å². The molecule has 1 aliphatic heterocycles. The Hall–Kier alpha value is -2.25. The van der Waals surface area contributed by atoms with Gasteiger partial charge in [0, 0.05) is 24.7 Å². The van der Waals surface area contributed by atoms with Crippen LogP contribution in [0.4, 0.5) is 18.9 Å². The first-order valence-electron chi connectivity index (χ1n) is 7.76. The first-order chi connectivity index (χ1) is 11.3. The van der Waals surface area contributed by atoms with Crippen molar-refractivity contribution in [3.63, 3.8) is 0 Å². The summed E-state index contributed by atoms with van der Waals surface area (Å²) in [6.07, 6.45) is -1.86. The van der Waals surface area contributed by atoms with Gasteiger partial charge in [-0.2, -0.15) is 13.2 Å². The molecule has 8 heteroatoms. The lowest BCUT2D eigenvalue weighted by molar-refractivity contribution is -0.137. The van der Waals surface area contributed by atoms with E-state index in [-0.39, 0.29) is 30.6 Å². The number of nitrogens with two attached hydrogens (primary N) is 1. The zero-order chi connectivity index (χ0) is 17.7. The molecule has 0 aromatic heterocycles. The SMILES string of the molecule is NC(=O)C[C@@H]1CCCCN1C(=O)CNc1cccc(C(F)(F)F)c1. The predicted octanol–water partition coefficient (Wildman–Crippen LogP) is 2.37. The number of primary amides is 1. The maximum atomic E-state index is 12.7. The summed E-state index contributed by atoms with van der Waals surface area (Å²) in [5, 5.41) is 2.72. The van der Waals surface area contributed by atoms with Crippen LogP contribution in [0, 0.1) is 0 Å². The van der Waals surface area contributed by atoms with E-state index < -0.39 is 17.6 Å². The van der Waals surface area contributed by atoms with E-state index in [2.05, 4.69) is 5.32 Å². The quantitative estimate of drug-likeness (QED) is 0.862. The number of halogens is 3. The molecule has 2 rings (SSSR count). The number of carbonyl (C=O) groups is 2. The van der Waals surface area contributed by atoms with Gasteiger partial charge in [0.25, 0.3) is 0 Å². The van der Waals surface area contributed by atoms with Crippen molar-refractivity contribution in [1.82, 2.24) is 4.90 Å². The van der Waals surface area contributed by atoms with E-state index in [4.69, 9.17) is 5.73 Å². The molecule has 1 aromatic rings. The smallest absolute Gasteiger partial charge is 0.376 e. The number of rotatable bonds is 5. The van der Waals surface area contributed by atoms with Gasteiger partial charge in [-0.05, 0) is 37.5 Å². The van der Waals surface area contributed by atoms with E-state index in [1.165, 1.54) is 12.1 Å². The second-order valence-electron chi connectivity index (χ2n) is 5.84. The van der Waals surface area contributed by atoms with Crippen LogP contribution in [0.5, 0.6) is 0 Å².